The van der Waals surface area contributed by atoms with E-state index in [0.717, 1.165) is 77.0 Å². The molecule has 0 saturated heterocycles. The molecule has 3 N–H and O–H groups in total. The highest BCUT2D eigenvalue weighted by Gasteiger charge is 2.24. The number of ether oxygens (including phenoxy) is 1. The topological polar surface area (TPSA) is 95.9 Å². The second-order valence-electron chi connectivity index (χ2n) is 17.3. The molecule has 0 bridgehead atoms. The fourth-order valence-electron chi connectivity index (χ4n) is 7.55. The summed E-state index contributed by atoms with van der Waals surface area (Å²) in [7, 11) is 0. The Bertz CT molecular complexity index is 1020. The summed E-state index contributed by atoms with van der Waals surface area (Å²) in [4.78, 5) is 26.1. The molecule has 59 heavy (non-hydrogen) atoms. The van der Waals surface area contributed by atoms with Gasteiger partial charge in [-0.1, -0.05) is 217 Å². The summed E-state index contributed by atoms with van der Waals surface area (Å²) >= 11 is 0. The monoisotopic (exact) mass is 828 g/mol. The van der Waals surface area contributed by atoms with E-state index in [0.29, 0.717) is 19.3 Å². The van der Waals surface area contributed by atoms with E-state index >= 15 is 0 Å². The zero-order valence-electron chi connectivity index (χ0n) is 39.1. The summed E-state index contributed by atoms with van der Waals surface area (Å²) in [6.07, 6.45) is 56.0. The molecule has 0 radical (unpaired) electrons. The predicted octanol–water partition coefficient (Wildman–Crippen LogP) is 15.1. The second-order valence-corrected chi connectivity index (χ2v) is 17.3. The summed E-state index contributed by atoms with van der Waals surface area (Å²) in [6.45, 7) is 6.44. The van der Waals surface area contributed by atoms with Crippen LogP contribution in [0.15, 0.2) is 48.6 Å². The molecule has 3 unspecified atom stereocenters. The summed E-state index contributed by atoms with van der Waals surface area (Å²) in [5, 5.41) is 23.7. The number of aliphatic hydroxyl groups excluding tert-OH is 2. The number of hydrogen-bond acceptors (Lipinski definition) is 5. The molecular formula is C53H97NO5. The molecular weight excluding hydrogens is 731 g/mol. The van der Waals surface area contributed by atoms with Gasteiger partial charge in [0.05, 0.1) is 25.2 Å². The molecule has 6 heteroatoms. The van der Waals surface area contributed by atoms with Crippen molar-refractivity contribution in [2.75, 3.05) is 6.61 Å². The van der Waals surface area contributed by atoms with Gasteiger partial charge >= 0.3 is 5.97 Å². The highest BCUT2D eigenvalue weighted by Crippen LogP contribution is 2.17. The van der Waals surface area contributed by atoms with Crippen LogP contribution in [0.1, 0.15) is 252 Å². The van der Waals surface area contributed by atoms with E-state index in [1.54, 1.807) is 0 Å². The Kier molecular flexibility index (Phi) is 45.1. The van der Waals surface area contributed by atoms with Crippen molar-refractivity contribution in [3.8, 4) is 0 Å². The van der Waals surface area contributed by atoms with Crippen LogP contribution in [0.5, 0.6) is 0 Å². The van der Waals surface area contributed by atoms with Gasteiger partial charge in [0.15, 0.2) is 0 Å². The van der Waals surface area contributed by atoms with Crippen molar-refractivity contribution < 1.29 is 24.5 Å². The van der Waals surface area contributed by atoms with E-state index < -0.39 is 18.2 Å². The number of allylic oxidation sites excluding steroid dienone is 8. The largest absolute Gasteiger partial charge is 0.462 e. The zero-order valence-corrected chi connectivity index (χ0v) is 39.1. The lowest BCUT2D eigenvalue weighted by Gasteiger charge is -2.24. The van der Waals surface area contributed by atoms with Crippen LogP contribution >= 0.6 is 0 Å². The van der Waals surface area contributed by atoms with Gasteiger partial charge in [0.25, 0.3) is 0 Å². The number of amides is 1. The molecule has 344 valence electrons. The summed E-state index contributed by atoms with van der Waals surface area (Å²) < 4.78 is 5.90. The van der Waals surface area contributed by atoms with Gasteiger partial charge in [-0.05, 0) is 70.6 Å². The maximum absolute atomic E-state index is 13.2. The Morgan fingerprint density at radius 1 is 0.492 bits per heavy atom. The first-order chi connectivity index (χ1) is 29.0. The van der Waals surface area contributed by atoms with Gasteiger partial charge in [-0.15, -0.1) is 0 Å². The van der Waals surface area contributed by atoms with Crippen molar-refractivity contribution in [1.29, 1.82) is 0 Å². The maximum Gasteiger partial charge on any atom is 0.306 e. The number of carbonyl (C=O) groups is 2. The van der Waals surface area contributed by atoms with Crippen molar-refractivity contribution in [3.63, 3.8) is 0 Å². The van der Waals surface area contributed by atoms with Gasteiger partial charge in [0.1, 0.15) is 6.10 Å². The number of carbonyl (C=O) groups excluding carboxylic acids is 2. The van der Waals surface area contributed by atoms with Gasteiger partial charge in [0.2, 0.25) is 5.91 Å². The first kappa shape index (κ1) is 56.8. The Morgan fingerprint density at radius 3 is 1.37 bits per heavy atom. The third kappa shape index (κ3) is 42.3. The van der Waals surface area contributed by atoms with E-state index in [-0.39, 0.29) is 24.9 Å². The van der Waals surface area contributed by atoms with Crippen molar-refractivity contribution in [2.24, 2.45) is 0 Å². The molecule has 0 aliphatic heterocycles. The Balaban J connectivity index is 4.59. The highest BCUT2D eigenvalue weighted by atomic mass is 16.5. The third-order valence-electron chi connectivity index (χ3n) is 11.4. The number of rotatable bonds is 45. The lowest BCUT2D eigenvalue weighted by atomic mass is 10.0. The number of unbranched alkanes of at least 4 members (excludes halogenated alkanes) is 27. The van der Waals surface area contributed by atoms with Gasteiger partial charge in [-0.2, -0.15) is 0 Å². The molecule has 0 fully saturated rings. The molecule has 3 atom stereocenters. The molecule has 1 amide bonds. The Hall–Kier alpha value is -2.18. The molecule has 0 saturated carbocycles. The maximum atomic E-state index is 13.2. The van der Waals surface area contributed by atoms with Crippen LogP contribution < -0.4 is 5.32 Å². The third-order valence-corrected chi connectivity index (χ3v) is 11.4. The van der Waals surface area contributed by atoms with Crippen molar-refractivity contribution in [1.82, 2.24) is 5.32 Å². The van der Waals surface area contributed by atoms with Gasteiger partial charge in [-0.3, -0.25) is 9.59 Å². The van der Waals surface area contributed by atoms with Crippen LogP contribution in [0, 0.1) is 0 Å². The van der Waals surface area contributed by atoms with E-state index in [4.69, 9.17) is 4.74 Å². The van der Waals surface area contributed by atoms with Crippen molar-refractivity contribution in [3.05, 3.63) is 48.6 Å². The van der Waals surface area contributed by atoms with Crippen LogP contribution in [0.25, 0.3) is 0 Å². The lowest BCUT2D eigenvalue weighted by Crippen LogP contribution is -2.46. The second kappa shape index (κ2) is 46.9. The molecule has 6 nitrogen and oxygen atoms in total. The molecule has 0 aromatic carbocycles. The van der Waals surface area contributed by atoms with E-state index in [9.17, 15) is 19.8 Å². The fraction of sp³-hybridized carbons (Fsp3) is 0.811. The number of nitrogens with one attached hydrogen (secondary N) is 1. The minimum absolute atomic E-state index is 0.0486. The minimum atomic E-state index is -0.796. The normalized spacial score (nSPS) is 13.6. The number of hydrogen-bond donors (Lipinski definition) is 3. The predicted molar refractivity (Wildman–Crippen MR) is 255 cm³/mol. The standard InChI is InChI=1S/C53H97NO5/c1-4-7-10-13-16-19-22-23-24-25-26-27-28-31-34-37-40-43-46-53(58)59-49(44-41-38-35-32-29-20-17-14-11-8-5-2)47-52(57)54-50(48-55)51(56)45-42-39-36-33-30-21-18-15-12-9-6-3/h22-27,32,35,49-51,55-56H,4-21,28-31,33-34,36-48H2,1-3H3,(H,54,57)/b23-22+,25-24+,27-26+,35-32-. The van der Waals surface area contributed by atoms with E-state index in [1.807, 2.05) is 0 Å². The van der Waals surface area contributed by atoms with Crippen LogP contribution in [0.4, 0.5) is 0 Å². The molecule has 0 spiro atoms. The van der Waals surface area contributed by atoms with Crippen LogP contribution in [-0.2, 0) is 14.3 Å². The van der Waals surface area contributed by atoms with Crippen LogP contribution in [0.2, 0.25) is 0 Å². The summed E-state index contributed by atoms with van der Waals surface area (Å²) in [5.41, 5.74) is 0. The summed E-state index contributed by atoms with van der Waals surface area (Å²) in [5.74, 6) is -0.524. The first-order valence-corrected chi connectivity index (χ1v) is 25.4. The zero-order chi connectivity index (χ0) is 43.1. The van der Waals surface area contributed by atoms with Gasteiger partial charge < -0.3 is 20.3 Å². The fourth-order valence-corrected chi connectivity index (χ4v) is 7.55. The summed E-state index contributed by atoms with van der Waals surface area (Å²) in [6, 6.07) is -0.712. The molecule has 0 aliphatic rings. The highest BCUT2D eigenvalue weighted by molar-refractivity contribution is 5.77. The molecule has 0 aromatic rings. The Morgan fingerprint density at radius 2 is 0.898 bits per heavy atom. The molecule has 0 aliphatic carbocycles. The molecule has 0 aromatic heterocycles. The van der Waals surface area contributed by atoms with Gasteiger partial charge in [0, 0.05) is 6.42 Å². The number of aliphatic hydroxyl groups is 2. The van der Waals surface area contributed by atoms with Crippen molar-refractivity contribution >= 4 is 11.9 Å². The SMILES string of the molecule is CCCCCCC/C=C/C=C/C=C/CCCCCCCC(=O)OC(CCC/C=C\CCCCCCCC)CC(=O)NC(CO)C(O)CCCCCCCCCCCCC. The van der Waals surface area contributed by atoms with Crippen molar-refractivity contribution in [2.45, 2.75) is 270 Å². The lowest BCUT2D eigenvalue weighted by molar-refractivity contribution is -0.151. The van der Waals surface area contributed by atoms with Crippen LogP contribution in [0.3, 0.4) is 0 Å². The Labute approximate surface area is 366 Å². The number of esters is 1. The quantitative estimate of drug-likeness (QED) is 0.0246. The van der Waals surface area contributed by atoms with E-state index in [1.165, 1.54) is 128 Å². The average Bonchev–Trinajstić information content (AvgIpc) is 3.23. The first-order valence-electron chi connectivity index (χ1n) is 25.4. The van der Waals surface area contributed by atoms with E-state index in [2.05, 4.69) is 74.7 Å². The average molecular weight is 828 g/mol. The van der Waals surface area contributed by atoms with Crippen LogP contribution in [-0.4, -0.2) is 46.9 Å². The smallest absolute Gasteiger partial charge is 0.306 e. The molecule has 0 heterocycles. The van der Waals surface area contributed by atoms with Gasteiger partial charge in [-0.25, -0.2) is 0 Å². The molecule has 0 rings (SSSR count). The minimum Gasteiger partial charge on any atom is -0.462 e.